The van der Waals surface area contributed by atoms with Crippen LogP contribution >= 0.6 is 31.9 Å². The van der Waals surface area contributed by atoms with Crippen LogP contribution in [0.1, 0.15) is 38.7 Å². The lowest BCUT2D eigenvalue weighted by molar-refractivity contribution is 0.103. The third-order valence-electron chi connectivity index (χ3n) is 6.09. The maximum Gasteiger partial charge on any atom is 0.344 e. The maximum atomic E-state index is 13.3. The summed E-state index contributed by atoms with van der Waals surface area (Å²) in [5.74, 6) is -0.840. The fourth-order valence-corrected chi connectivity index (χ4v) is 5.00. The predicted octanol–water partition coefficient (Wildman–Crippen LogP) is 6.87. The first kappa shape index (κ1) is 21.9. The molecule has 0 aliphatic carbocycles. The zero-order chi connectivity index (χ0) is 24.3. The molecule has 3 aromatic carbocycles. The monoisotopic (exact) mass is 591 g/mol. The fraction of sp³-hybridized carbons (Fsp3) is 0.0370. The molecule has 0 spiro atoms. The van der Waals surface area contributed by atoms with Crippen LogP contribution in [0, 0.1) is 0 Å². The van der Waals surface area contributed by atoms with Gasteiger partial charge in [0.1, 0.15) is 11.3 Å². The lowest BCUT2D eigenvalue weighted by atomic mass is 9.84. The van der Waals surface area contributed by atoms with Gasteiger partial charge in [0.2, 0.25) is 11.7 Å². The molecule has 1 aliphatic heterocycles. The number of carbonyl (C=O) groups is 1. The lowest BCUT2D eigenvalue weighted by Crippen LogP contribution is -2.20. The van der Waals surface area contributed by atoms with E-state index in [-0.39, 0.29) is 22.9 Å². The second-order valence-corrected chi connectivity index (χ2v) is 9.97. The number of ether oxygens (including phenoxy) is 1. The van der Waals surface area contributed by atoms with Gasteiger partial charge in [0, 0.05) is 14.5 Å². The fourth-order valence-electron chi connectivity index (χ4n) is 4.47. The largest absolute Gasteiger partial charge is 0.505 e. The van der Waals surface area contributed by atoms with Gasteiger partial charge in [-0.05, 0) is 54.1 Å². The first-order chi connectivity index (χ1) is 16.9. The highest BCUT2D eigenvalue weighted by atomic mass is 79.9. The van der Waals surface area contributed by atoms with Gasteiger partial charge in [0.25, 0.3) is 0 Å². The van der Waals surface area contributed by atoms with Crippen LogP contribution in [-0.2, 0) is 0 Å². The van der Waals surface area contributed by atoms with E-state index in [4.69, 9.17) is 9.15 Å². The number of hydrogen-bond donors (Lipinski definition) is 2. The van der Waals surface area contributed by atoms with Gasteiger partial charge >= 0.3 is 5.63 Å². The predicted molar refractivity (Wildman–Crippen MR) is 138 cm³/mol. The average Bonchev–Trinajstić information content (AvgIpc) is 3.19. The van der Waals surface area contributed by atoms with E-state index in [1.54, 1.807) is 42.5 Å². The van der Waals surface area contributed by atoms with Crippen molar-refractivity contribution >= 4 is 48.6 Å². The summed E-state index contributed by atoms with van der Waals surface area (Å²) in [6.07, 6.45) is 0. The molecule has 3 heterocycles. The molecule has 1 aliphatic rings. The number of para-hydroxylation sites is 1. The Hall–Kier alpha value is -3.62. The molecule has 0 bridgehead atoms. The first-order valence-corrected chi connectivity index (χ1v) is 12.2. The third kappa shape index (κ3) is 3.52. The molecule has 0 fully saturated rings. The molecule has 0 unspecified atom stereocenters. The minimum atomic E-state index is -0.717. The summed E-state index contributed by atoms with van der Waals surface area (Å²) in [6.45, 7) is 0. The molecule has 0 amide bonds. The lowest BCUT2D eigenvalue weighted by Gasteiger charge is -2.26. The van der Waals surface area contributed by atoms with E-state index in [0.717, 1.165) is 14.5 Å². The van der Waals surface area contributed by atoms with Crippen LogP contribution < -0.4 is 10.4 Å². The van der Waals surface area contributed by atoms with Crippen molar-refractivity contribution in [3.8, 4) is 17.4 Å². The van der Waals surface area contributed by atoms with Crippen LogP contribution in [0.25, 0.3) is 11.0 Å². The van der Waals surface area contributed by atoms with Crippen molar-refractivity contribution in [2.24, 2.45) is 0 Å². The van der Waals surface area contributed by atoms with Crippen molar-refractivity contribution in [3.05, 3.63) is 120 Å². The Morgan fingerprint density at radius 3 is 2.26 bits per heavy atom. The Labute approximate surface area is 215 Å². The zero-order valence-electron chi connectivity index (χ0n) is 17.8. The van der Waals surface area contributed by atoms with Crippen molar-refractivity contribution < 1.29 is 19.1 Å². The molecule has 6 nitrogen and oxygen atoms in total. The van der Waals surface area contributed by atoms with Crippen molar-refractivity contribution in [2.45, 2.75) is 5.92 Å². The number of hydrogen-bond acceptors (Lipinski definition) is 5. The molecular formula is C27H15Br2NO5. The van der Waals surface area contributed by atoms with Gasteiger partial charge in [-0.1, -0.05) is 56.1 Å². The number of benzene rings is 3. The highest BCUT2D eigenvalue weighted by Crippen LogP contribution is 2.52. The van der Waals surface area contributed by atoms with Crippen molar-refractivity contribution in [1.29, 1.82) is 0 Å². The third-order valence-corrected chi connectivity index (χ3v) is 7.15. The number of halogens is 2. The summed E-state index contributed by atoms with van der Waals surface area (Å²) in [7, 11) is 0. The topological polar surface area (TPSA) is 92.5 Å². The van der Waals surface area contributed by atoms with Gasteiger partial charge in [-0.3, -0.25) is 4.79 Å². The number of nitrogens with one attached hydrogen (secondary N) is 1. The summed E-state index contributed by atoms with van der Waals surface area (Å²) in [5, 5.41) is 11.9. The molecule has 0 radical (unpaired) electrons. The van der Waals surface area contributed by atoms with E-state index < -0.39 is 17.3 Å². The van der Waals surface area contributed by atoms with E-state index in [1.165, 1.54) is 0 Å². The van der Waals surface area contributed by atoms with E-state index in [9.17, 15) is 14.7 Å². The Balaban J connectivity index is 1.61. The normalized spacial score (nSPS) is 14.3. The summed E-state index contributed by atoms with van der Waals surface area (Å²) in [4.78, 5) is 29.5. The minimum Gasteiger partial charge on any atom is -0.505 e. The van der Waals surface area contributed by atoms with E-state index in [0.29, 0.717) is 27.8 Å². The van der Waals surface area contributed by atoms with Gasteiger partial charge in [-0.25, -0.2) is 4.79 Å². The highest BCUT2D eigenvalue weighted by Gasteiger charge is 2.39. The Morgan fingerprint density at radius 1 is 0.886 bits per heavy atom. The van der Waals surface area contributed by atoms with Gasteiger partial charge in [0.05, 0.1) is 22.4 Å². The van der Waals surface area contributed by atoms with Gasteiger partial charge < -0.3 is 19.2 Å². The van der Waals surface area contributed by atoms with Gasteiger partial charge in [-0.2, -0.15) is 0 Å². The number of carbonyl (C=O) groups excluding carboxylic acids is 1. The van der Waals surface area contributed by atoms with Crippen molar-refractivity contribution in [2.75, 3.05) is 0 Å². The van der Waals surface area contributed by atoms with Gasteiger partial charge in [0.15, 0.2) is 11.5 Å². The van der Waals surface area contributed by atoms with E-state index >= 15 is 0 Å². The summed E-state index contributed by atoms with van der Waals surface area (Å²) in [6, 6.07) is 21.3. The summed E-state index contributed by atoms with van der Waals surface area (Å²) >= 11 is 6.80. The quantitative estimate of drug-likeness (QED) is 0.173. The first-order valence-electron chi connectivity index (χ1n) is 10.7. The SMILES string of the molecule is O=C(c1ccc(Br)cc1)c1[nH]c2c(c1O)[C@@H](c1ccc(Br)cc1)c1c(c3ccccc3oc1=O)O2. The number of aromatic nitrogens is 1. The molecule has 6 rings (SSSR count). The van der Waals surface area contributed by atoms with Crippen molar-refractivity contribution in [3.63, 3.8) is 0 Å². The smallest absolute Gasteiger partial charge is 0.344 e. The number of aromatic hydroxyl groups is 1. The molecule has 1 atom stereocenters. The average molecular weight is 593 g/mol. The summed E-state index contributed by atoms with van der Waals surface area (Å²) in [5.41, 5.74) is 1.50. The van der Waals surface area contributed by atoms with Crippen LogP contribution in [0.3, 0.4) is 0 Å². The molecule has 35 heavy (non-hydrogen) atoms. The Morgan fingerprint density at radius 2 is 1.54 bits per heavy atom. The molecule has 2 N–H and O–H groups in total. The highest BCUT2D eigenvalue weighted by molar-refractivity contribution is 9.10. The molecule has 2 aromatic heterocycles. The van der Waals surface area contributed by atoms with Crippen LogP contribution in [0.15, 0.2) is 91.0 Å². The summed E-state index contributed by atoms with van der Waals surface area (Å²) < 4.78 is 13.5. The zero-order valence-corrected chi connectivity index (χ0v) is 21.0. The van der Waals surface area contributed by atoms with E-state index in [1.807, 2.05) is 30.3 Å². The molecule has 172 valence electrons. The Kier molecular flexibility index (Phi) is 5.16. The second-order valence-electron chi connectivity index (χ2n) is 8.14. The number of ketones is 1. The minimum absolute atomic E-state index is 0.0130. The van der Waals surface area contributed by atoms with Crippen LogP contribution in [0.4, 0.5) is 0 Å². The number of fused-ring (bicyclic) bond motifs is 4. The van der Waals surface area contributed by atoms with Gasteiger partial charge in [-0.15, -0.1) is 0 Å². The number of H-pyrrole nitrogens is 1. The van der Waals surface area contributed by atoms with Crippen LogP contribution in [0.5, 0.6) is 17.4 Å². The molecular weight excluding hydrogens is 578 g/mol. The standard InChI is InChI=1S/C27H15Br2NO5/c28-15-9-5-13(6-10-15)19-20-24(32)22(23(31)14-7-11-16(29)12-8-14)30-26(20)35-25-17-3-1-2-4-18(17)34-27(33)21(19)25/h1-12,19,30,32H/t19-/m1/s1. The molecule has 0 saturated carbocycles. The molecule has 5 aromatic rings. The van der Waals surface area contributed by atoms with Crippen LogP contribution in [0.2, 0.25) is 0 Å². The molecule has 8 heteroatoms. The van der Waals surface area contributed by atoms with Crippen LogP contribution in [-0.4, -0.2) is 15.9 Å². The maximum absolute atomic E-state index is 13.3. The second kappa shape index (κ2) is 8.25. The Bertz CT molecular complexity index is 1680. The van der Waals surface area contributed by atoms with E-state index in [2.05, 4.69) is 36.8 Å². The van der Waals surface area contributed by atoms with Crippen molar-refractivity contribution in [1.82, 2.24) is 4.98 Å². The number of rotatable bonds is 3. The number of aromatic amines is 1. The molecule has 0 saturated heterocycles.